The normalized spacial score (nSPS) is 14.5. The van der Waals surface area contributed by atoms with Crippen molar-refractivity contribution in [3.8, 4) is 17.0 Å². The van der Waals surface area contributed by atoms with E-state index >= 15 is 0 Å². The van der Waals surface area contributed by atoms with Crippen LogP contribution in [0.5, 0.6) is 5.75 Å². The molecule has 170 valence electrons. The Morgan fingerprint density at radius 2 is 1.91 bits per heavy atom. The molecule has 2 aromatic carbocycles. The van der Waals surface area contributed by atoms with Gasteiger partial charge in [0.1, 0.15) is 5.75 Å². The molecular formula is C25H27N5O2S. The Bertz CT molecular complexity index is 1220. The number of rotatable bonds is 6. The van der Waals surface area contributed by atoms with E-state index in [-0.39, 0.29) is 11.8 Å². The van der Waals surface area contributed by atoms with E-state index in [9.17, 15) is 4.79 Å². The first-order valence-corrected chi connectivity index (χ1v) is 12.1. The number of nitrogens with one attached hydrogen (secondary N) is 1. The molecule has 0 saturated carbocycles. The summed E-state index contributed by atoms with van der Waals surface area (Å²) in [6.45, 7) is 3.74. The van der Waals surface area contributed by atoms with Crippen molar-refractivity contribution in [2.24, 2.45) is 5.92 Å². The van der Waals surface area contributed by atoms with Crippen LogP contribution in [0.2, 0.25) is 0 Å². The molecule has 8 heteroatoms. The summed E-state index contributed by atoms with van der Waals surface area (Å²) < 4.78 is 7.07. The van der Waals surface area contributed by atoms with Crippen molar-refractivity contribution in [2.75, 3.05) is 30.4 Å². The molecule has 33 heavy (non-hydrogen) atoms. The number of anilines is 2. The van der Waals surface area contributed by atoms with E-state index < -0.39 is 0 Å². The number of fused-ring (bicyclic) bond motifs is 1. The fourth-order valence-electron chi connectivity index (χ4n) is 4.24. The Morgan fingerprint density at radius 1 is 1.15 bits per heavy atom. The summed E-state index contributed by atoms with van der Waals surface area (Å²) in [5, 5.41) is 8.84. The summed E-state index contributed by atoms with van der Waals surface area (Å²) in [6, 6.07) is 15.9. The second-order valence-corrected chi connectivity index (χ2v) is 9.16. The molecule has 7 nitrogen and oxygen atoms in total. The molecule has 0 atom stereocenters. The van der Waals surface area contributed by atoms with Gasteiger partial charge in [0.2, 0.25) is 16.0 Å². The van der Waals surface area contributed by atoms with Crippen LogP contribution in [0.3, 0.4) is 0 Å². The van der Waals surface area contributed by atoms with Crippen LogP contribution in [-0.2, 0) is 11.2 Å². The molecule has 4 aromatic rings. The lowest BCUT2D eigenvalue weighted by atomic mass is 9.96. The maximum atomic E-state index is 12.8. The van der Waals surface area contributed by atoms with Crippen molar-refractivity contribution in [3.63, 3.8) is 0 Å². The van der Waals surface area contributed by atoms with Crippen molar-refractivity contribution >= 4 is 33.0 Å². The predicted molar refractivity (Wildman–Crippen MR) is 132 cm³/mol. The van der Waals surface area contributed by atoms with Crippen LogP contribution in [0.15, 0.2) is 54.7 Å². The number of methoxy groups -OCH3 is 1. The number of hydrogen-bond donors (Lipinski definition) is 1. The minimum atomic E-state index is 0.0249. The average molecular weight is 462 g/mol. The smallest absolute Gasteiger partial charge is 0.227 e. The molecule has 1 amide bonds. The SMILES string of the molecule is CCc1ccccc1NC(=O)C1CCN(c2nn3cc(-c4ccc(OC)cc4)nc3s2)CC1. The van der Waals surface area contributed by atoms with Crippen molar-refractivity contribution in [3.05, 3.63) is 60.3 Å². The van der Waals surface area contributed by atoms with Gasteiger partial charge in [-0.05, 0) is 55.2 Å². The monoisotopic (exact) mass is 461 g/mol. The molecule has 2 aromatic heterocycles. The molecule has 0 spiro atoms. The predicted octanol–water partition coefficient (Wildman–Crippen LogP) is 4.88. The summed E-state index contributed by atoms with van der Waals surface area (Å²) in [4.78, 5) is 20.7. The number of piperidine rings is 1. The Labute approximate surface area is 197 Å². The topological polar surface area (TPSA) is 71.8 Å². The number of hydrogen-bond acceptors (Lipinski definition) is 6. The van der Waals surface area contributed by atoms with E-state index in [4.69, 9.17) is 14.8 Å². The molecule has 5 rings (SSSR count). The number of ether oxygens (including phenoxy) is 1. The number of nitrogens with zero attached hydrogens (tertiary/aromatic N) is 4. The molecule has 1 aliphatic heterocycles. The van der Waals surface area contributed by atoms with Gasteiger partial charge in [-0.25, -0.2) is 9.50 Å². The standard InChI is InChI=1S/C25H27N5O2S/c1-3-17-6-4-5-7-21(17)26-23(31)19-12-14-29(15-13-19)25-28-30-16-22(27-24(30)33-25)18-8-10-20(32-2)11-9-18/h4-11,16,19H,3,12-15H2,1-2H3,(H,26,31). The molecule has 1 fully saturated rings. The first-order chi connectivity index (χ1) is 16.1. The molecule has 1 N–H and O–H groups in total. The van der Waals surface area contributed by atoms with E-state index in [0.29, 0.717) is 0 Å². The molecule has 0 bridgehead atoms. The van der Waals surface area contributed by atoms with Gasteiger partial charge in [-0.3, -0.25) is 4.79 Å². The Hall–Kier alpha value is -3.39. The summed E-state index contributed by atoms with van der Waals surface area (Å²) in [6.07, 6.45) is 4.50. The Kier molecular flexibility index (Phi) is 6.00. The lowest BCUT2D eigenvalue weighted by molar-refractivity contribution is -0.120. The van der Waals surface area contributed by atoms with E-state index in [0.717, 1.165) is 65.1 Å². The highest BCUT2D eigenvalue weighted by Gasteiger charge is 2.27. The lowest BCUT2D eigenvalue weighted by Gasteiger charge is -2.30. The number of para-hydroxylation sites is 1. The highest BCUT2D eigenvalue weighted by atomic mass is 32.1. The Balaban J connectivity index is 1.22. The summed E-state index contributed by atoms with van der Waals surface area (Å²) >= 11 is 1.59. The maximum Gasteiger partial charge on any atom is 0.227 e. The van der Waals surface area contributed by atoms with Crippen molar-refractivity contribution in [2.45, 2.75) is 26.2 Å². The number of imidazole rings is 1. The van der Waals surface area contributed by atoms with Gasteiger partial charge < -0.3 is 15.0 Å². The fraction of sp³-hybridized carbons (Fsp3) is 0.320. The molecule has 0 unspecified atom stereocenters. The van der Waals surface area contributed by atoms with Crippen LogP contribution in [0.4, 0.5) is 10.8 Å². The second kappa shape index (κ2) is 9.23. The third kappa shape index (κ3) is 4.43. The van der Waals surface area contributed by atoms with Crippen LogP contribution in [0.1, 0.15) is 25.3 Å². The zero-order chi connectivity index (χ0) is 22.8. The number of carbonyl (C=O) groups excluding carboxylic acids is 1. The van der Waals surface area contributed by atoms with Gasteiger partial charge in [0.15, 0.2) is 0 Å². The number of amides is 1. The van der Waals surface area contributed by atoms with Gasteiger partial charge >= 0.3 is 0 Å². The van der Waals surface area contributed by atoms with Crippen LogP contribution in [-0.4, -0.2) is 40.7 Å². The number of benzene rings is 2. The second-order valence-electron chi connectivity index (χ2n) is 8.23. The largest absolute Gasteiger partial charge is 0.497 e. The first-order valence-electron chi connectivity index (χ1n) is 11.3. The van der Waals surface area contributed by atoms with Crippen molar-refractivity contribution in [1.82, 2.24) is 14.6 Å². The first kappa shape index (κ1) is 21.5. The van der Waals surface area contributed by atoms with Gasteiger partial charge in [-0.2, -0.15) is 0 Å². The van der Waals surface area contributed by atoms with Gasteiger partial charge in [0.25, 0.3) is 0 Å². The third-order valence-corrected chi connectivity index (χ3v) is 7.19. The van der Waals surface area contributed by atoms with Gasteiger partial charge in [-0.1, -0.05) is 36.5 Å². The highest BCUT2D eigenvalue weighted by Crippen LogP contribution is 2.30. The van der Waals surface area contributed by atoms with E-state index in [2.05, 4.69) is 23.2 Å². The molecule has 0 radical (unpaired) electrons. The van der Waals surface area contributed by atoms with Gasteiger partial charge in [0, 0.05) is 30.3 Å². The van der Waals surface area contributed by atoms with Crippen LogP contribution < -0.4 is 15.0 Å². The molecular weight excluding hydrogens is 434 g/mol. The highest BCUT2D eigenvalue weighted by molar-refractivity contribution is 7.20. The lowest BCUT2D eigenvalue weighted by Crippen LogP contribution is -2.38. The molecule has 1 saturated heterocycles. The van der Waals surface area contributed by atoms with E-state index in [1.54, 1.807) is 18.4 Å². The minimum absolute atomic E-state index is 0.0249. The van der Waals surface area contributed by atoms with Crippen LogP contribution in [0, 0.1) is 5.92 Å². The third-order valence-electron chi connectivity index (χ3n) is 6.21. The van der Waals surface area contributed by atoms with E-state index in [1.807, 2.05) is 53.2 Å². The van der Waals surface area contributed by atoms with Gasteiger partial charge in [-0.15, -0.1) is 5.10 Å². The Morgan fingerprint density at radius 3 is 2.61 bits per heavy atom. The van der Waals surface area contributed by atoms with Crippen LogP contribution >= 0.6 is 11.3 Å². The number of aryl methyl sites for hydroxylation is 1. The summed E-state index contributed by atoms with van der Waals surface area (Å²) in [7, 11) is 1.66. The summed E-state index contributed by atoms with van der Waals surface area (Å²) in [5.41, 5.74) is 4.03. The van der Waals surface area contributed by atoms with Gasteiger partial charge in [0.05, 0.1) is 19.0 Å². The maximum absolute atomic E-state index is 12.8. The molecule has 3 heterocycles. The molecule has 1 aliphatic rings. The summed E-state index contributed by atoms with van der Waals surface area (Å²) in [5.74, 6) is 0.970. The zero-order valence-corrected chi connectivity index (χ0v) is 19.6. The number of carbonyl (C=O) groups is 1. The zero-order valence-electron chi connectivity index (χ0n) is 18.8. The number of aromatic nitrogens is 3. The van der Waals surface area contributed by atoms with Crippen molar-refractivity contribution < 1.29 is 9.53 Å². The van der Waals surface area contributed by atoms with Crippen LogP contribution in [0.25, 0.3) is 16.2 Å². The van der Waals surface area contributed by atoms with E-state index in [1.165, 1.54) is 5.56 Å². The fourth-order valence-corrected chi connectivity index (χ4v) is 5.17. The molecule has 0 aliphatic carbocycles. The van der Waals surface area contributed by atoms with Crippen molar-refractivity contribution in [1.29, 1.82) is 0 Å². The quantitative estimate of drug-likeness (QED) is 0.443. The minimum Gasteiger partial charge on any atom is -0.497 e. The average Bonchev–Trinajstić information content (AvgIpc) is 3.44.